The number of thioether (sulfide) groups is 1. The maximum atomic E-state index is 12.7. The van der Waals surface area contributed by atoms with Crippen molar-refractivity contribution in [3.05, 3.63) is 58.5 Å². The zero-order chi connectivity index (χ0) is 21.0. The highest BCUT2D eigenvalue weighted by molar-refractivity contribution is 8.26. The SMILES string of the molecule is COc1cc(/C=C2\SC(=S)N(CCC(=O)Nc3cccc(C)c3)C2=O)ccc1O. The standard InChI is InChI=1S/C21H20N2O4S2/c1-13-4-3-5-15(10-13)22-19(25)8-9-23-20(26)18(29-21(23)28)12-14-6-7-16(24)17(11-14)27-2/h3-7,10-12,24H,8-9H2,1-2H3,(H,22,25)/b18-12-. The summed E-state index contributed by atoms with van der Waals surface area (Å²) in [5, 5.41) is 12.5. The first-order chi connectivity index (χ1) is 13.9. The maximum absolute atomic E-state index is 12.7. The number of thiocarbonyl (C=S) groups is 1. The quantitative estimate of drug-likeness (QED) is 0.536. The summed E-state index contributed by atoms with van der Waals surface area (Å²) in [6.07, 6.45) is 1.83. The topological polar surface area (TPSA) is 78.9 Å². The van der Waals surface area contributed by atoms with Crippen molar-refractivity contribution in [2.75, 3.05) is 19.0 Å². The summed E-state index contributed by atoms with van der Waals surface area (Å²) in [7, 11) is 1.46. The normalized spacial score (nSPS) is 15.1. The number of phenolic OH excluding ortho intramolecular Hbond substituents is 1. The van der Waals surface area contributed by atoms with Gasteiger partial charge in [0.1, 0.15) is 4.32 Å². The molecular weight excluding hydrogens is 408 g/mol. The lowest BCUT2D eigenvalue weighted by Gasteiger charge is -2.14. The van der Waals surface area contributed by atoms with Crippen LogP contribution in [0.15, 0.2) is 47.4 Å². The molecular formula is C21H20N2O4S2. The second-order valence-electron chi connectivity index (χ2n) is 6.43. The predicted octanol–water partition coefficient (Wildman–Crippen LogP) is 3.94. The van der Waals surface area contributed by atoms with E-state index in [9.17, 15) is 14.7 Å². The number of nitrogens with zero attached hydrogens (tertiary/aromatic N) is 1. The van der Waals surface area contributed by atoms with Gasteiger partial charge in [-0.2, -0.15) is 0 Å². The summed E-state index contributed by atoms with van der Waals surface area (Å²) in [5.74, 6) is -0.0776. The Kier molecular flexibility index (Phi) is 6.56. The minimum Gasteiger partial charge on any atom is -0.504 e. The zero-order valence-electron chi connectivity index (χ0n) is 16.0. The Hall–Kier alpha value is -2.84. The van der Waals surface area contributed by atoms with Crippen LogP contribution in [0.4, 0.5) is 5.69 Å². The number of aryl methyl sites for hydroxylation is 1. The molecule has 150 valence electrons. The third-order valence-corrected chi connectivity index (χ3v) is 5.62. The van der Waals surface area contributed by atoms with E-state index in [2.05, 4.69) is 5.32 Å². The molecule has 0 aromatic heterocycles. The summed E-state index contributed by atoms with van der Waals surface area (Å²) >= 11 is 6.50. The van der Waals surface area contributed by atoms with Crippen molar-refractivity contribution in [3.8, 4) is 11.5 Å². The van der Waals surface area contributed by atoms with Gasteiger partial charge in [0.15, 0.2) is 11.5 Å². The van der Waals surface area contributed by atoms with E-state index in [-0.39, 0.29) is 30.5 Å². The fourth-order valence-electron chi connectivity index (χ4n) is 2.79. The molecule has 1 fully saturated rings. The van der Waals surface area contributed by atoms with Crippen LogP contribution in [0, 0.1) is 6.92 Å². The lowest BCUT2D eigenvalue weighted by atomic mass is 10.2. The highest BCUT2D eigenvalue weighted by Gasteiger charge is 2.32. The molecule has 2 amide bonds. The number of nitrogens with one attached hydrogen (secondary N) is 1. The number of carbonyl (C=O) groups excluding carboxylic acids is 2. The molecule has 2 N–H and O–H groups in total. The molecule has 0 saturated carbocycles. The van der Waals surface area contributed by atoms with Gasteiger partial charge in [-0.25, -0.2) is 0 Å². The Morgan fingerprint density at radius 1 is 1.31 bits per heavy atom. The molecule has 0 unspecified atom stereocenters. The summed E-state index contributed by atoms with van der Waals surface area (Å²) in [5.41, 5.74) is 2.48. The number of phenols is 1. The molecule has 6 nitrogen and oxygen atoms in total. The van der Waals surface area contributed by atoms with Crippen LogP contribution in [-0.4, -0.2) is 39.8 Å². The number of methoxy groups -OCH3 is 1. The number of hydrogen-bond donors (Lipinski definition) is 2. The van der Waals surface area contributed by atoms with Crippen LogP contribution in [0.1, 0.15) is 17.5 Å². The first kappa shape index (κ1) is 20.9. The van der Waals surface area contributed by atoms with Crippen molar-refractivity contribution in [2.24, 2.45) is 0 Å². The van der Waals surface area contributed by atoms with Crippen molar-refractivity contribution in [3.63, 3.8) is 0 Å². The predicted molar refractivity (Wildman–Crippen MR) is 119 cm³/mol. The average Bonchev–Trinajstić information content (AvgIpc) is 2.94. The number of rotatable bonds is 6. The van der Waals surface area contributed by atoms with E-state index < -0.39 is 0 Å². The van der Waals surface area contributed by atoms with E-state index in [0.29, 0.717) is 20.5 Å². The lowest BCUT2D eigenvalue weighted by Crippen LogP contribution is -2.31. The first-order valence-electron chi connectivity index (χ1n) is 8.86. The molecule has 1 aliphatic heterocycles. The van der Waals surface area contributed by atoms with Crippen LogP contribution in [0.25, 0.3) is 6.08 Å². The van der Waals surface area contributed by atoms with Gasteiger partial charge in [-0.05, 0) is 48.4 Å². The molecule has 1 heterocycles. The Balaban J connectivity index is 1.63. The van der Waals surface area contributed by atoms with Crippen LogP contribution in [0.2, 0.25) is 0 Å². The van der Waals surface area contributed by atoms with Crippen molar-refractivity contribution < 1.29 is 19.4 Å². The third kappa shape index (κ3) is 5.16. The Labute approximate surface area is 178 Å². The fraction of sp³-hybridized carbons (Fsp3) is 0.190. The number of carbonyl (C=O) groups is 2. The van der Waals surface area contributed by atoms with Gasteiger partial charge in [-0.3, -0.25) is 14.5 Å². The molecule has 0 atom stereocenters. The second kappa shape index (κ2) is 9.11. The average molecular weight is 429 g/mol. The van der Waals surface area contributed by atoms with Crippen molar-refractivity contribution >= 4 is 51.9 Å². The van der Waals surface area contributed by atoms with Crippen LogP contribution >= 0.6 is 24.0 Å². The van der Waals surface area contributed by atoms with Gasteiger partial charge in [-0.15, -0.1) is 0 Å². The van der Waals surface area contributed by atoms with Gasteiger partial charge in [0.25, 0.3) is 5.91 Å². The van der Waals surface area contributed by atoms with Gasteiger partial charge in [0.05, 0.1) is 12.0 Å². The maximum Gasteiger partial charge on any atom is 0.266 e. The lowest BCUT2D eigenvalue weighted by molar-refractivity contribution is -0.122. The van der Waals surface area contributed by atoms with Crippen LogP contribution in [0.3, 0.4) is 0 Å². The number of anilines is 1. The number of ether oxygens (including phenoxy) is 1. The zero-order valence-corrected chi connectivity index (χ0v) is 17.6. The van der Waals surface area contributed by atoms with Gasteiger partial charge >= 0.3 is 0 Å². The van der Waals surface area contributed by atoms with Gasteiger partial charge in [-0.1, -0.05) is 42.2 Å². The molecule has 2 aromatic rings. The molecule has 29 heavy (non-hydrogen) atoms. The number of amides is 2. The highest BCUT2D eigenvalue weighted by atomic mass is 32.2. The summed E-state index contributed by atoms with van der Waals surface area (Å²) in [6.45, 7) is 2.16. The molecule has 1 aliphatic rings. The molecule has 0 aliphatic carbocycles. The van der Waals surface area contributed by atoms with E-state index in [0.717, 1.165) is 11.3 Å². The minimum atomic E-state index is -0.240. The number of aromatic hydroxyl groups is 1. The Bertz CT molecular complexity index is 1000. The summed E-state index contributed by atoms with van der Waals surface area (Å²) in [4.78, 5) is 26.8. The van der Waals surface area contributed by atoms with E-state index in [1.165, 1.54) is 29.8 Å². The highest BCUT2D eigenvalue weighted by Crippen LogP contribution is 2.34. The molecule has 1 saturated heterocycles. The molecule has 0 radical (unpaired) electrons. The monoisotopic (exact) mass is 428 g/mol. The van der Waals surface area contributed by atoms with Crippen LogP contribution in [0.5, 0.6) is 11.5 Å². The van der Waals surface area contributed by atoms with E-state index in [1.807, 2.05) is 31.2 Å². The first-order valence-corrected chi connectivity index (χ1v) is 10.1. The van der Waals surface area contributed by atoms with Crippen LogP contribution < -0.4 is 10.1 Å². The third-order valence-electron chi connectivity index (χ3n) is 4.24. The Morgan fingerprint density at radius 3 is 2.83 bits per heavy atom. The van der Waals surface area contributed by atoms with E-state index in [4.69, 9.17) is 17.0 Å². The Morgan fingerprint density at radius 2 is 2.10 bits per heavy atom. The molecule has 2 aromatic carbocycles. The largest absolute Gasteiger partial charge is 0.504 e. The smallest absolute Gasteiger partial charge is 0.266 e. The summed E-state index contributed by atoms with van der Waals surface area (Å²) in [6, 6.07) is 12.3. The molecule has 8 heteroatoms. The molecule has 0 bridgehead atoms. The number of hydrogen-bond acceptors (Lipinski definition) is 6. The van der Waals surface area contributed by atoms with Crippen molar-refractivity contribution in [1.82, 2.24) is 4.90 Å². The fourth-order valence-corrected chi connectivity index (χ4v) is 4.10. The molecule has 3 rings (SSSR count). The van der Waals surface area contributed by atoms with Gasteiger partial charge in [0, 0.05) is 18.7 Å². The molecule has 0 spiro atoms. The van der Waals surface area contributed by atoms with Crippen LogP contribution in [-0.2, 0) is 9.59 Å². The van der Waals surface area contributed by atoms with Gasteiger partial charge in [0.2, 0.25) is 5.91 Å². The minimum absolute atomic E-state index is 0.0248. The van der Waals surface area contributed by atoms with Crippen molar-refractivity contribution in [2.45, 2.75) is 13.3 Å². The van der Waals surface area contributed by atoms with Gasteiger partial charge < -0.3 is 15.2 Å². The summed E-state index contributed by atoms with van der Waals surface area (Å²) < 4.78 is 5.50. The van der Waals surface area contributed by atoms with Crippen molar-refractivity contribution in [1.29, 1.82) is 0 Å². The van der Waals surface area contributed by atoms with E-state index >= 15 is 0 Å². The van der Waals surface area contributed by atoms with E-state index in [1.54, 1.807) is 18.2 Å². The number of benzene rings is 2. The second-order valence-corrected chi connectivity index (χ2v) is 8.11.